The fourth-order valence-corrected chi connectivity index (χ4v) is 2.61. The summed E-state index contributed by atoms with van der Waals surface area (Å²) in [7, 11) is 0. The third-order valence-electron chi connectivity index (χ3n) is 3.40. The number of benzene rings is 2. The van der Waals surface area contributed by atoms with Crippen molar-refractivity contribution < 1.29 is 9.53 Å². The first-order valence-electron chi connectivity index (χ1n) is 7.50. The van der Waals surface area contributed by atoms with Gasteiger partial charge >= 0.3 is 0 Å². The summed E-state index contributed by atoms with van der Waals surface area (Å²) >= 11 is 8.59. The van der Waals surface area contributed by atoms with Crippen LogP contribution in [-0.4, -0.2) is 17.6 Å². The van der Waals surface area contributed by atoms with Crippen LogP contribution in [0.2, 0.25) is 0 Å². The molecule has 1 atom stereocenters. The molecule has 0 fully saturated rings. The number of ether oxygens (including phenoxy) is 1. The Kier molecular flexibility index (Phi) is 6.75. The molecule has 2 rings (SSSR count). The molecule has 0 radical (unpaired) electrons. The Labute approximate surface area is 155 Å². The van der Waals surface area contributed by atoms with Crippen LogP contribution in [0.3, 0.4) is 0 Å². The SMILES string of the molecule is Cc1cc(OCC(=O)NC(=S)NC(C)c2ccccc2)ccc1Br. The highest BCUT2D eigenvalue weighted by Crippen LogP contribution is 2.21. The van der Waals surface area contributed by atoms with E-state index in [9.17, 15) is 4.79 Å². The number of amides is 1. The number of carbonyl (C=O) groups is 1. The van der Waals surface area contributed by atoms with E-state index in [1.165, 1.54) is 0 Å². The van der Waals surface area contributed by atoms with E-state index >= 15 is 0 Å². The number of nitrogens with one attached hydrogen (secondary N) is 2. The minimum absolute atomic E-state index is 0.00837. The summed E-state index contributed by atoms with van der Waals surface area (Å²) in [5.41, 5.74) is 2.14. The average molecular weight is 407 g/mol. The molecule has 24 heavy (non-hydrogen) atoms. The van der Waals surface area contributed by atoms with Crippen LogP contribution in [0.15, 0.2) is 53.0 Å². The number of rotatable bonds is 5. The van der Waals surface area contributed by atoms with Crippen LogP contribution in [0.1, 0.15) is 24.1 Å². The molecular weight excluding hydrogens is 388 g/mol. The molecule has 0 bridgehead atoms. The predicted molar refractivity (Wildman–Crippen MR) is 103 cm³/mol. The maximum atomic E-state index is 11.9. The molecule has 2 aromatic carbocycles. The number of hydrogen-bond acceptors (Lipinski definition) is 3. The molecule has 1 amide bonds. The normalized spacial score (nSPS) is 11.5. The lowest BCUT2D eigenvalue weighted by Crippen LogP contribution is -2.42. The van der Waals surface area contributed by atoms with Crippen molar-refractivity contribution >= 4 is 39.2 Å². The van der Waals surface area contributed by atoms with Crippen molar-refractivity contribution in [2.75, 3.05) is 6.61 Å². The Morgan fingerprint density at radius 2 is 1.96 bits per heavy atom. The molecule has 1 unspecified atom stereocenters. The molecule has 0 aromatic heterocycles. The molecule has 0 aliphatic carbocycles. The molecule has 126 valence electrons. The van der Waals surface area contributed by atoms with E-state index in [1.54, 1.807) is 6.07 Å². The van der Waals surface area contributed by atoms with E-state index in [1.807, 2.05) is 56.3 Å². The lowest BCUT2D eigenvalue weighted by atomic mass is 10.1. The highest BCUT2D eigenvalue weighted by molar-refractivity contribution is 9.10. The lowest BCUT2D eigenvalue weighted by molar-refractivity contribution is -0.121. The molecular formula is C18H19BrN2O2S. The van der Waals surface area contributed by atoms with Crippen molar-refractivity contribution in [3.63, 3.8) is 0 Å². The Balaban J connectivity index is 1.79. The number of hydrogen-bond donors (Lipinski definition) is 2. The van der Waals surface area contributed by atoms with Crippen molar-refractivity contribution in [1.82, 2.24) is 10.6 Å². The minimum Gasteiger partial charge on any atom is -0.484 e. The number of halogens is 1. The Morgan fingerprint density at radius 1 is 1.25 bits per heavy atom. The van der Waals surface area contributed by atoms with Gasteiger partial charge < -0.3 is 15.4 Å². The van der Waals surface area contributed by atoms with Crippen LogP contribution < -0.4 is 15.4 Å². The summed E-state index contributed by atoms with van der Waals surface area (Å²) < 4.78 is 6.47. The van der Waals surface area contributed by atoms with E-state index in [0.717, 1.165) is 15.6 Å². The number of aryl methyl sites for hydroxylation is 1. The van der Waals surface area contributed by atoms with E-state index in [-0.39, 0.29) is 23.7 Å². The Morgan fingerprint density at radius 3 is 2.62 bits per heavy atom. The van der Waals surface area contributed by atoms with Gasteiger partial charge in [-0.2, -0.15) is 0 Å². The van der Waals surface area contributed by atoms with E-state index in [2.05, 4.69) is 26.6 Å². The van der Waals surface area contributed by atoms with Gasteiger partial charge in [0, 0.05) is 4.47 Å². The summed E-state index contributed by atoms with van der Waals surface area (Å²) in [6.45, 7) is 3.85. The zero-order valence-electron chi connectivity index (χ0n) is 13.5. The van der Waals surface area contributed by atoms with E-state index in [0.29, 0.717) is 5.75 Å². The van der Waals surface area contributed by atoms with Crippen molar-refractivity contribution in [3.05, 3.63) is 64.1 Å². The van der Waals surface area contributed by atoms with E-state index < -0.39 is 0 Å². The second-order valence-corrected chi connectivity index (χ2v) is 6.62. The van der Waals surface area contributed by atoms with Crippen molar-refractivity contribution in [1.29, 1.82) is 0 Å². The first-order valence-corrected chi connectivity index (χ1v) is 8.70. The van der Waals surface area contributed by atoms with Crippen molar-refractivity contribution in [2.24, 2.45) is 0 Å². The molecule has 4 nitrogen and oxygen atoms in total. The zero-order valence-corrected chi connectivity index (χ0v) is 15.9. The highest BCUT2D eigenvalue weighted by Gasteiger charge is 2.10. The summed E-state index contributed by atoms with van der Waals surface area (Å²) in [6, 6.07) is 15.4. The highest BCUT2D eigenvalue weighted by atomic mass is 79.9. The molecule has 0 saturated heterocycles. The summed E-state index contributed by atoms with van der Waals surface area (Å²) in [5.74, 6) is 0.343. The van der Waals surface area contributed by atoms with Gasteiger partial charge in [-0.3, -0.25) is 4.79 Å². The van der Waals surface area contributed by atoms with Crippen LogP contribution >= 0.6 is 28.1 Å². The van der Waals surface area contributed by atoms with Gasteiger partial charge in [-0.25, -0.2) is 0 Å². The standard InChI is InChI=1S/C18H19BrN2O2S/c1-12-10-15(8-9-16(12)19)23-11-17(22)21-18(24)20-13(2)14-6-4-3-5-7-14/h3-10,13H,11H2,1-2H3,(H2,20,21,22,24). The molecule has 0 aliphatic rings. The van der Waals surface area contributed by atoms with E-state index in [4.69, 9.17) is 17.0 Å². The largest absolute Gasteiger partial charge is 0.484 e. The van der Waals surface area contributed by atoms with Gasteiger partial charge in [0.05, 0.1) is 6.04 Å². The van der Waals surface area contributed by atoms with Gasteiger partial charge in [0.25, 0.3) is 5.91 Å². The second-order valence-electron chi connectivity index (χ2n) is 5.35. The summed E-state index contributed by atoms with van der Waals surface area (Å²) in [5, 5.41) is 5.99. The van der Waals surface area contributed by atoms with Gasteiger partial charge in [0.15, 0.2) is 11.7 Å². The smallest absolute Gasteiger partial charge is 0.264 e. The molecule has 0 aliphatic heterocycles. The van der Waals surface area contributed by atoms with Crippen LogP contribution in [-0.2, 0) is 4.79 Å². The van der Waals surface area contributed by atoms with Crippen LogP contribution in [0.5, 0.6) is 5.75 Å². The minimum atomic E-state index is -0.298. The molecule has 0 spiro atoms. The molecule has 0 heterocycles. The van der Waals surface area contributed by atoms with Crippen LogP contribution in [0, 0.1) is 6.92 Å². The quantitative estimate of drug-likeness (QED) is 0.739. The fraction of sp³-hybridized carbons (Fsp3) is 0.222. The third-order valence-corrected chi connectivity index (χ3v) is 4.51. The number of carbonyl (C=O) groups excluding carboxylic acids is 1. The van der Waals surface area contributed by atoms with Gasteiger partial charge in [-0.1, -0.05) is 46.3 Å². The van der Waals surface area contributed by atoms with Crippen molar-refractivity contribution in [3.8, 4) is 5.75 Å². The third kappa shape index (κ3) is 5.62. The van der Waals surface area contributed by atoms with Crippen molar-refractivity contribution in [2.45, 2.75) is 19.9 Å². The first-order chi connectivity index (χ1) is 11.5. The average Bonchev–Trinajstić information content (AvgIpc) is 2.56. The Hall–Kier alpha value is -1.92. The monoisotopic (exact) mass is 406 g/mol. The Bertz CT molecular complexity index is 722. The summed E-state index contributed by atoms with van der Waals surface area (Å²) in [6.07, 6.45) is 0. The van der Waals surface area contributed by atoms with Crippen LogP contribution in [0.25, 0.3) is 0 Å². The first kappa shape index (κ1) is 18.4. The summed E-state index contributed by atoms with van der Waals surface area (Å²) in [4.78, 5) is 11.9. The second kappa shape index (κ2) is 8.80. The molecule has 0 saturated carbocycles. The lowest BCUT2D eigenvalue weighted by Gasteiger charge is -2.17. The maximum Gasteiger partial charge on any atom is 0.264 e. The topological polar surface area (TPSA) is 50.4 Å². The van der Waals surface area contributed by atoms with Gasteiger partial charge in [-0.15, -0.1) is 0 Å². The fourth-order valence-electron chi connectivity index (χ4n) is 2.08. The molecule has 2 N–H and O–H groups in total. The molecule has 2 aromatic rings. The number of thiocarbonyl (C=S) groups is 1. The zero-order chi connectivity index (χ0) is 17.5. The predicted octanol–water partition coefficient (Wildman–Crippen LogP) is 3.89. The molecule has 6 heteroatoms. The van der Waals surface area contributed by atoms with Gasteiger partial charge in [0.2, 0.25) is 0 Å². The maximum absolute atomic E-state index is 11.9. The van der Waals surface area contributed by atoms with Gasteiger partial charge in [-0.05, 0) is 55.4 Å². The van der Waals surface area contributed by atoms with Crippen LogP contribution in [0.4, 0.5) is 0 Å². The van der Waals surface area contributed by atoms with Gasteiger partial charge in [0.1, 0.15) is 5.75 Å².